The number of benzene rings is 1. The molecule has 0 saturated heterocycles. The summed E-state index contributed by atoms with van der Waals surface area (Å²) in [5, 5.41) is 0. The Balaban J connectivity index is 2.62. The van der Waals surface area contributed by atoms with E-state index in [0.717, 1.165) is 48.3 Å². The van der Waals surface area contributed by atoms with Gasteiger partial charge in [0.05, 0.1) is 6.61 Å². The molecular formula is C14H22BrNO2. The standard InChI is InChI=1S/C14H22BrNO2/c1-11-9-13(15)10-12(5-6-16)14(11)18-8-4-3-7-17-2/h9-10H,3-8,16H2,1-2H3. The number of hydrogen-bond acceptors (Lipinski definition) is 3. The summed E-state index contributed by atoms with van der Waals surface area (Å²) < 4.78 is 12.0. The summed E-state index contributed by atoms with van der Waals surface area (Å²) in [6.07, 6.45) is 2.87. The van der Waals surface area contributed by atoms with E-state index in [-0.39, 0.29) is 0 Å². The smallest absolute Gasteiger partial charge is 0.125 e. The van der Waals surface area contributed by atoms with Crippen molar-refractivity contribution in [3.63, 3.8) is 0 Å². The van der Waals surface area contributed by atoms with Crippen LogP contribution in [0.25, 0.3) is 0 Å². The topological polar surface area (TPSA) is 44.5 Å². The van der Waals surface area contributed by atoms with E-state index in [4.69, 9.17) is 15.2 Å². The molecule has 1 aromatic rings. The Hall–Kier alpha value is -0.580. The average Bonchev–Trinajstić information content (AvgIpc) is 2.32. The van der Waals surface area contributed by atoms with Crippen LogP contribution in [0.4, 0.5) is 0 Å². The zero-order valence-electron chi connectivity index (χ0n) is 11.2. The van der Waals surface area contributed by atoms with Gasteiger partial charge in [-0.1, -0.05) is 15.9 Å². The lowest BCUT2D eigenvalue weighted by Crippen LogP contribution is -2.08. The molecule has 0 aliphatic heterocycles. The van der Waals surface area contributed by atoms with Gasteiger partial charge >= 0.3 is 0 Å². The lowest BCUT2D eigenvalue weighted by atomic mass is 10.1. The monoisotopic (exact) mass is 315 g/mol. The maximum Gasteiger partial charge on any atom is 0.125 e. The van der Waals surface area contributed by atoms with Gasteiger partial charge in [0.15, 0.2) is 0 Å². The number of aryl methyl sites for hydroxylation is 1. The zero-order valence-corrected chi connectivity index (χ0v) is 12.8. The van der Waals surface area contributed by atoms with Crippen LogP contribution in [0.3, 0.4) is 0 Å². The SMILES string of the molecule is COCCCCOc1c(C)cc(Br)cc1CCN. The van der Waals surface area contributed by atoms with Crippen molar-refractivity contribution in [3.8, 4) is 5.75 Å². The van der Waals surface area contributed by atoms with Crippen molar-refractivity contribution < 1.29 is 9.47 Å². The molecule has 0 atom stereocenters. The molecule has 0 aliphatic rings. The average molecular weight is 316 g/mol. The summed E-state index contributed by atoms with van der Waals surface area (Å²) in [6, 6.07) is 4.16. The lowest BCUT2D eigenvalue weighted by Gasteiger charge is -2.14. The number of halogens is 1. The first-order chi connectivity index (χ1) is 8.69. The third-order valence-corrected chi connectivity index (χ3v) is 3.18. The van der Waals surface area contributed by atoms with Crippen LogP contribution in [0.1, 0.15) is 24.0 Å². The van der Waals surface area contributed by atoms with Gasteiger partial charge in [-0.05, 0) is 56.0 Å². The lowest BCUT2D eigenvalue weighted by molar-refractivity contribution is 0.184. The number of hydrogen-bond donors (Lipinski definition) is 1. The third-order valence-electron chi connectivity index (χ3n) is 2.72. The first kappa shape index (κ1) is 15.5. The highest BCUT2D eigenvalue weighted by atomic mass is 79.9. The van der Waals surface area contributed by atoms with Crippen molar-refractivity contribution in [3.05, 3.63) is 27.7 Å². The molecule has 0 fully saturated rings. The Morgan fingerprint density at radius 3 is 2.61 bits per heavy atom. The fraction of sp³-hybridized carbons (Fsp3) is 0.571. The summed E-state index contributed by atoms with van der Waals surface area (Å²) in [5.41, 5.74) is 7.97. The minimum absolute atomic E-state index is 0.635. The Labute approximate surface area is 118 Å². The zero-order chi connectivity index (χ0) is 13.4. The molecule has 1 rings (SSSR count). The van der Waals surface area contributed by atoms with E-state index in [1.807, 2.05) is 0 Å². The fourth-order valence-corrected chi connectivity index (χ4v) is 2.49. The predicted octanol–water partition coefficient (Wildman–Crippen LogP) is 3.06. The maximum absolute atomic E-state index is 5.89. The molecule has 0 spiro atoms. The van der Waals surface area contributed by atoms with Crippen LogP contribution in [0.2, 0.25) is 0 Å². The van der Waals surface area contributed by atoms with E-state index < -0.39 is 0 Å². The van der Waals surface area contributed by atoms with E-state index in [2.05, 4.69) is 35.0 Å². The molecule has 0 aliphatic carbocycles. The maximum atomic E-state index is 5.89. The molecule has 4 heteroatoms. The highest BCUT2D eigenvalue weighted by Gasteiger charge is 2.08. The quantitative estimate of drug-likeness (QED) is 0.750. The van der Waals surface area contributed by atoms with Crippen molar-refractivity contribution in [2.24, 2.45) is 5.73 Å². The highest BCUT2D eigenvalue weighted by Crippen LogP contribution is 2.28. The molecule has 0 bridgehead atoms. The van der Waals surface area contributed by atoms with Gasteiger partial charge in [-0.2, -0.15) is 0 Å². The van der Waals surface area contributed by atoms with Gasteiger partial charge in [0.25, 0.3) is 0 Å². The van der Waals surface area contributed by atoms with Crippen LogP contribution in [0.5, 0.6) is 5.75 Å². The first-order valence-corrected chi connectivity index (χ1v) is 7.09. The molecule has 0 aromatic heterocycles. The number of rotatable bonds is 8. The van der Waals surface area contributed by atoms with Crippen molar-refractivity contribution >= 4 is 15.9 Å². The fourth-order valence-electron chi connectivity index (χ4n) is 1.87. The van der Waals surface area contributed by atoms with Crippen molar-refractivity contribution in [2.75, 3.05) is 26.9 Å². The predicted molar refractivity (Wildman–Crippen MR) is 78.2 cm³/mol. The van der Waals surface area contributed by atoms with Gasteiger partial charge in [0.2, 0.25) is 0 Å². The van der Waals surface area contributed by atoms with Crippen LogP contribution >= 0.6 is 15.9 Å². The van der Waals surface area contributed by atoms with E-state index in [1.54, 1.807) is 7.11 Å². The second kappa shape index (κ2) is 8.51. The molecule has 0 amide bonds. The Kier molecular flexibility index (Phi) is 7.32. The summed E-state index contributed by atoms with van der Waals surface area (Å²) in [5.74, 6) is 0.987. The van der Waals surface area contributed by atoms with Crippen molar-refractivity contribution in [2.45, 2.75) is 26.2 Å². The molecular weight excluding hydrogens is 294 g/mol. The molecule has 0 unspecified atom stereocenters. The molecule has 0 heterocycles. The number of nitrogens with two attached hydrogens (primary N) is 1. The molecule has 18 heavy (non-hydrogen) atoms. The van der Waals surface area contributed by atoms with Gasteiger partial charge in [-0.3, -0.25) is 0 Å². The van der Waals surface area contributed by atoms with Gasteiger partial charge in [-0.25, -0.2) is 0 Å². The number of unbranched alkanes of at least 4 members (excludes halogenated alkanes) is 1. The number of ether oxygens (including phenoxy) is 2. The van der Waals surface area contributed by atoms with Crippen molar-refractivity contribution in [1.29, 1.82) is 0 Å². The van der Waals surface area contributed by atoms with E-state index in [9.17, 15) is 0 Å². The Morgan fingerprint density at radius 2 is 1.94 bits per heavy atom. The van der Waals surface area contributed by atoms with Crippen molar-refractivity contribution in [1.82, 2.24) is 0 Å². The molecule has 102 valence electrons. The summed E-state index contributed by atoms with van der Waals surface area (Å²) >= 11 is 3.51. The van der Waals surface area contributed by atoms with Gasteiger partial charge in [0, 0.05) is 18.2 Å². The van der Waals surface area contributed by atoms with E-state index in [1.165, 1.54) is 5.56 Å². The second-order valence-corrected chi connectivity index (χ2v) is 5.21. The van der Waals surface area contributed by atoms with Crippen LogP contribution in [0, 0.1) is 6.92 Å². The highest BCUT2D eigenvalue weighted by molar-refractivity contribution is 9.10. The van der Waals surface area contributed by atoms with Crippen LogP contribution in [0.15, 0.2) is 16.6 Å². The van der Waals surface area contributed by atoms with Gasteiger partial charge in [-0.15, -0.1) is 0 Å². The summed E-state index contributed by atoms with van der Waals surface area (Å²) in [6.45, 7) is 4.22. The van der Waals surface area contributed by atoms with Crippen LogP contribution in [-0.2, 0) is 11.2 Å². The largest absolute Gasteiger partial charge is 0.493 e. The molecule has 2 N–H and O–H groups in total. The molecule has 0 saturated carbocycles. The second-order valence-electron chi connectivity index (χ2n) is 4.30. The first-order valence-electron chi connectivity index (χ1n) is 6.30. The van der Waals surface area contributed by atoms with Crippen LogP contribution < -0.4 is 10.5 Å². The van der Waals surface area contributed by atoms with E-state index >= 15 is 0 Å². The molecule has 3 nitrogen and oxygen atoms in total. The van der Waals surface area contributed by atoms with Gasteiger partial charge < -0.3 is 15.2 Å². The molecule has 1 aromatic carbocycles. The van der Waals surface area contributed by atoms with Crippen LogP contribution in [-0.4, -0.2) is 26.9 Å². The van der Waals surface area contributed by atoms with E-state index in [0.29, 0.717) is 6.54 Å². The summed E-state index contributed by atoms with van der Waals surface area (Å²) in [4.78, 5) is 0. The minimum Gasteiger partial charge on any atom is -0.493 e. The number of methoxy groups -OCH3 is 1. The Morgan fingerprint density at radius 1 is 1.22 bits per heavy atom. The molecule has 0 radical (unpaired) electrons. The van der Waals surface area contributed by atoms with Gasteiger partial charge in [0.1, 0.15) is 5.75 Å². The third kappa shape index (κ3) is 4.96. The summed E-state index contributed by atoms with van der Waals surface area (Å²) in [7, 11) is 1.72. The Bertz CT molecular complexity index is 369. The normalized spacial score (nSPS) is 10.7. The minimum atomic E-state index is 0.635.